The van der Waals surface area contributed by atoms with Crippen molar-refractivity contribution in [2.75, 3.05) is 68.9 Å². The first-order chi connectivity index (χ1) is 36.6. The molecule has 0 atom stereocenters. The number of aliphatic hydroxyl groups excluding tert-OH is 1. The van der Waals surface area contributed by atoms with E-state index >= 15 is 0 Å². The van der Waals surface area contributed by atoms with Crippen LogP contribution in [0.15, 0.2) is 110 Å². The maximum atomic E-state index is 13.1. The highest BCUT2D eigenvalue weighted by molar-refractivity contribution is 5.96. The van der Waals surface area contributed by atoms with Gasteiger partial charge in [-0.3, -0.25) is 39.6 Å². The molecular formula is C54H64F3N9O12. The number of nitrogens with one attached hydrogen (secondary N) is 2. The number of amides is 2. The lowest BCUT2D eigenvalue weighted by atomic mass is 9.99. The molecule has 78 heavy (non-hydrogen) atoms. The molecule has 3 aromatic heterocycles. The number of rotatable bonds is 10. The predicted octanol–water partition coefficient (Wildman–Crippen LogP) is 9.75. The molecule has 24 heteroatoms. The second kappa shape index (κ2) is 32.2. The number of nitro groups is 2. The first-order valence-electron chi connectivity index (χ1n) is 23.7. The van der Waals surface area contributed by atoms with Crippen molar-refractivity contribution in [3.8, 4) is 33.8 Å². The van der Waals surface area contributed by atoms with Crippen LogP contribution >= 0.6 is 0 Å². The smallest absolute Gasteiger partial charge is 0.310 e. The Labute approximate surface area is 448 Å². The van der Waals surface area contributed by atoms with Gasteiger partial charge in [-0.05, 0) is 130 Å². The average molecular weight is 1090 g/mol. The number of aliphatic hydroxyl groups is 1. The third kappa shape index (κ3) is 19.3. The van der Waals surface area contributed by atoms with Gasteiger partial charge in [0.05, 0.1) is 50.4 Å². The summed E-state index contributed by atoms with van der Waals surface area (Å²) in [5, 5.41) is 42.8. The number of nitrogens with two attached hydrogens (primary N) is 2. The van der Waals surface area contributed by atoms with E-state index in [-0.39, 0.29) is 78.8 Å². The third-order valence-corrected chi connectivity index (χ3v) is 11.8. The number of carbonyl (C=O) groups is 3. The molecule has 6 aromatic rings. The number of carbonyl (C=O) groups excluding carboxylic acids is 2. The lowest BCUT2D eigenvalue weighted by molar-refractivity contribution is -0.384. The molecule has 0 spiro atoms. The summed E-state index contributed by atoms with van der Waals surface area (Å²) in [5.41, 5.74) is 15.5. The molecular weight excluding hydrogens is 1020 g/mol. The van der Waals surface area contributed by atoms with Gasteiger partial charge in [-0.15, -0.1) is 0 Å². The van der Waals surface area contributed by atoms with Crippen LogP contribution in [-0.2, 0) is 28.6 Å². The van der Waals surface area contributed by atoms with Crippen molar-refractivity contribution < 1.29 is 61.8 Å². The Balaban J connectivity index is 0.000000281. The fourth-order valence-electron chi connectivity index (χ4n) is 7.55. The summed E-state index contributed by atoms with van der Waals surface area (Å²) in [6.45, 7) is 3.41. The number of benzene rings is 3. The molecule has 0 unspecified atom stereocenters. The summed E-state index contributed by atoms with van der Waals surface area (Å²) in [6, 6.07) is 21.8. The van der Waals surface area contributed by atoms with Crippen molar-refractivity contribution in [1.82, 2.24) is 15.0 Å². The minimum atomic E-state index is -0.682. The van der Waals surface area contributed by atoms with Gasteiger partial charge >= 0.3 is 17.3 Å². The van der Waals surface area contributed by atoms with Crippen LogP contribution in [0.25, 0.3) is 33.8 Å². The van der Waals surface area contributed by atoms with Crippen LogP contribution in [0.3, 0.4) is 0 Å². The van der Waals surface area contributed by atoms with Gasteiger partial charge in [0.2, 0.25) is 11.8 Å². The van der Waals surface area contributed by atoms with E-state index in [1.54, 1.807) is 18.2 Å². The fourth-order valence-corrected chi connectivity index (χ4v) is 7.55. The number of carboxylic acids is 1. The molecule has 3 aliphatic rings. The Hall–Kier alpha value is -8.45. The van der Waals surface area contributed by atoms with E-state index in [0.717, 1.165) is 25.1 Å². The third-order valence-electron chi connectivity index (χ3n) is 11.8. The number of ether oxygens (including phenoxy) is 3. The van der Waals surface area contributed by atoms with Crippen molar-refractivity contribution >= 4 is 51.9 Å². The van der Waals surface area contributed by atoms with Crippen molar-refractivity contribution in [2.45, 2.75) is 53.4 Å². The van der Waals surface area contributed by atoms with Crippen LogP contribution in [0.5, 0.6) is 0 Å². The largest absolute Gasteiger partial charge is 0.481 e. The molecule has 3 fully saturated rings. The molecule has 2 amide bonds. The molecule has 0 aliphatic carbocycles. The van der Waals surface area contributed by atoms with Crippen molar-refractivity contribution in [3.63, 3.8) is 0 Å². The number of aromatic nitrogens is 3. The molecule has 21 nitrogen and oxygen atoms in total. The zero-order chi connectivity index (χ0) is 55.1. The highest BCUT2D eigenvalue weighted by atomic mass is 19.1. The topological polar surface area (TPSA) is 320 Å². The van der Waals surface area contributed by atoms with Gasteiger partial charge in [0.25, 0.3) is 0 Å². The summed E-state index contributed by atoms with van der Waals surface area (Å²) in [7, 11) is 1.00. The Morgan fingerprint density at radius 3 is 1.19 bits per heavy atom. The summed E-state index contributed by atoms with van der Waals surface area (Å²) < 4.78 is 54.3. The van der Waals surface area contributed by atoms with Crippen molar-refractivity contribution in [1.29, 1.82) is 0 Å². The van der Waals surface area contributed by atoms with Crippen LogP contribution in [0.2, 0.25) is 0 Å². The maximum absolute atomic E-state index is 13.1. The Morgan fingerprint density at radius 2 is 0.846 bits per heavy atom. The summed E-state index contributed by atoms with van der Waals surface area (Å²) in [5.74, 6) is -2.53. The van der Waals surface area contributed by atoms with Gasteiger partial charge < -0.3 is 46.5 Å². The average Bonchev–Trinajstić information content (AvgIpc) is 3.45. The van der Waals surface area contributed by atoms with E-state index in [0.29, 0.717) is 118 Å². The number of nitrogen functional groups attached to an aromatic ring is 2. The molecule has 9 rings (SSSR count). The lowest BCUT2D eigenvalue weighted by Crippen LogP contribution is -2.28. The predicted molar refractivity (Wildman–Crippen MR) is 288 cm³/mol. The van der Waals surface area contributed by atoms with E-state index in [2.05, 4.69) is 25.6 Å². The van der Waals surface area contributed by atoms with Crippen LogP contribution in [0.4, 0.5) is 47.3 Å². The number of carboxylic acid groups (broad SMARTS) is 1. The lowest BCUT2D eigenvalue weighted by Gasteiger charge is -2.21. The summed E-state index contributed by atoms with van der Waals surface area (Å²) in [6.07, 6.45) is 7.61. The monoisotopic (exact) mass is 1090 g/mol. The molecule has 0 saturated carbocycles. The number of pyridine rings is 3. The summed E-state index contributed by atoms with van der Waals surface area (Å²) in [4.78, 5) is 67.8. The minimum Gasteiger partial charge on any atom is -0.481 e. The Bertz CT molecular complexity index is 2890. The standard InChI is InChI=1S/C17H16FN3O4.C17H18FN3O2.C11H8FN3O2.C6H10O3.CH4O.2CH4/c18-13-3-1-11(2-4-13)14-9-15(16(10-19-14)21(23)24)20-17(22)12-5-7-25-8-6-12;18-13-3-1-11(2-4-13)15-9-16(14(19)10-20-15)21-17(22)12-5-7-23-8-6-12;12-8-3-1-7(2-4-8)10-5-9(13)11(6-14-10)15(16)17;7-6(8)5-1-3-9-4-2-5;1-2;;/h1-4,9-10,12H,5-8H2,(H,19,20,22);1-4,9-10,12H,5-8,19H2,(H,20,21,22);1-6H,(H2,13,14);5H,1-4H2,(H,7,8);2H,1H3;2*1H4. The number of nitrogens with zero attached hydrogens (tertiary/aromatic N) is 5. The van der Waals surface area contributed by atoms with Crippen LogP contribution in [0.1, 0.15) is 53.4 Å². The van der Waals surface area contributed by atoms with Gasteiger partial charge in [-0.2, -0.15) is 0 Å². The second-order valence-corrected chi connectivity index (χ2v) is 16.9. The SMILES string of the molecule is C.C.CO.Nc1cc(-c2ccc(F)cc2)ncc1[N+](=O)[O-].Nc1cnc(-c2ccc(F)cc2)cc1NC(=O)C1CCOCC1.O=C(Nc1cc(-c2ccc(F)cc2)ncc1[N+](=O)[O-])C1CCOCC1.O=C(O)C1CCOCC1. The fraction of sp³-hybridized carbons (Fsp3) is 0.333. The van der Waals surface area contributed by atoms with Gasteiger partial charge in [-0.1, -0.05) is 14.9 Å². The number of aliphatic carboxylic acids is 1. The van der Waals surface area contributed by atoms with Crippen molar-refractivity contribution in [3.05, 3.63) is 147 Å². The van der Waals surface area contributed by atoms with E-state index in [1.165, 1.54) is 79.0 Å². The molecule has 418 valence electrons. The first-order valence-corrected chi connectivity index (χ1v) is 23.7. The zero-order valence-corrected chi connectivity index (χ0v) is 41.1. The van der Waals surface area contributed by atoms with Gasteiger partial charge in [-0.25, -0.2) is 23.1 Å². The normalized spacial score (nSPS) is 14.1. The number of anilines is 4. The number of hydrogen-bond acceptors (Lipinski definition) is 16. The van der Waals surface area contributed by atoms with Crippen molar-refractivity contribution in [2.24, 2.45) is 17.8 Å². The van der Waals surface area contributed by atoms with Gasteiger partial charge in [0.1, 0.15) is 41.2 Å². The molecule has 3 aromatic carbocycles. The van der Waals surface area contributed by atoms with E-state index in [1.807, 2.05) is 0 Å². The Morgan fingerprint density at radius 1 is 0.526 bits per heavy atom. The highest BCUT2D eigenvalue weighted by Crippen LogP contribution is 2.31. The highest BCUT2D eigenvalue weighted by Gasteiger charge is 2.26. The molecule has 8 N–H and O–H groups in total. The second-order valence-electron chi connectivity index (χ2n) is 16.9. The molecule has 0 bridgehead atoms. The van der Waals surface area contributed by atoms with E-state index in [9.17, 15) is 47.8 Å². The zero-order valence-electron chi connectivity index (χ0n) is 41.1. The maximum Gasteiger partial charge on any atom is 0.310 e. The van der Waals surface area contributed by atoms with Crippen LogP contribution in [0, 0.1) is 55.4 Å². The summed E-state index contributed by atoms with van der Waals surface area (Å²) >= 11 is 0. The van der Waals surface area contributed by atoms with E-state index < -0.39 is 21.6 Å². The number of hydrogen-bond donors (Lipinski definition) is 6. The van der Waals surface area contributed by atoms with Crippen LogP contribution < -0.4 is 22.1 Å². The molecule has 3 aliphatic heterocycles. The molecule has 3 saturated heterocycles. The Kier molecular flexibility index (Phi) is 26.4. The quantitative estimate of drug-likeness (QED) is 0.0549. The van der Waals surface area contributed by atoms with Gasteiger partial charge in [0.15, 0.2) is 0 Å². The molecule has 6 heterocycles. The number of halogens is 3. The minimum absolute atomic E-state index is 0. The molecule has 0 radical (unpaired) electrons. The first kappa shape index (κ1) is 63.8. The van der Waals surface area contributed by atoms with Gasteiger partial charge in [0, 0.05) is 75.3 Å². The van der Waals surface area contributed by atoms with Crippen LogP contribution in [-0.4, -0.2) is 99.5 Å². The van der Waals surface area contributed by atoms with E-state index in [4.69, 9.17) is 35.9 Å².